The van der Waals surface area contributed by atoms with Gasteiger partial charge in [-0.05, 0) is 19.8 Å². The molecule has 1 aromatic rings. The first-order chi connectivity index (χ1) is 14.6. The van der Waals surface area contributed by atoms with Crippen LogP contribution in [-0.4, -0.2) is 80.3 Å². The van der Waals surface area contributed by atoms with E-state index in [1.54, 1.807) is 0 Å². The van der Waals surface area contributed by atoms with E-state index >= 15 is 0 Å². The van der Waals surface area contributed by atoms with Crippen LogP contribution in [0.15, 0.2) is 12.5 Å². The molecule has 2 rings (SSSR count). The molecule has 0 aliphatic carbocycles. The van der Waals surface area contributed by atoms with Crippen LogP contribution < -0.4 is 22.1 Å². The van der Waals surface area contributed by atoms with Gasteiger partial charge < -0.3 is 37.1 Å². The summed E-state index contributed by atoms with van der Waals surface area (Å²) in [5, 5.41) is 14.3. The Kier molecular flexibility index (Phi) is 8.07. The van der Waals surface area contributed by atoms with Gasteiger partial charge in [0, 0.05) is 24.9 Å². The van der Waals surface area contributed by atoms with Crippen LogP contribution in [0.25, 0.3) is 0 Å². The molecule has 1 fully saturated rings. The molecule has 0 saturated carbocycles. The number of aromatic nitrogens is 2. The van der Waals surface area contributed by atoms with Crippen molar-refractivity contribution in [2.24, 2.45) is 11.5 Å². The maximum atomic E-state index is 12.8. The molecule has 4 atom stereocenters. The molecular weight excluding hydrogens is 410 g/mol. The molecule has 1 saturated heterocycles. The number of nitrogens with zero attached hydrogens (tertiary/aromatic N) is 2. The Bertz CT molecular complexity index is 827. The molecule has 13 nitrogen and oxygen atoms in total. The maximum absolute atomic E-state index is 12.8. The summed E-state index contributed by atoms with van der Waals surface area (Å²) in [5.74, 6) is -3.80. The van der Waals surface area contributed by atoms with Crippen LogP contribution in [0.5, 0.6) is 0 Å². The Morgan fingerprint density at radius 3 is 2.61 bits per heavy atom. The van der Waals surface area contributed by atoms with Crippen molar-refractivity contribution in [3.05, 3.63) is 18.2 Å². The second-order valence-corrected chi connectivity index (χ2v) is 7.38. The van der Waals surface area contributed by atoms with Crippen molar-refractivity contribution in [3.63, 3.8) is 0 Å². The molecule has 13 heteroatoms. The highest BCUT2D eigenvalue weighted by molar-refractivity contribution is 5.95. The Morgan fingerprint density at radius 2 is 2.03 bits per heavy atom. The van der Waals surface area contributed by atoms with E-state index in [1.807, 2.05) is 0 Å². The van der Waals surface area contributed by atoms with E-state index < -0.39 is 53.8 Å². The van der Waals surface area contributed by atoms with E-state index in [9.17, 15) is 29.1 Å². The highest BCUT2D eigenvalue weighted by atomic mass is 16.4. The first-order valence-electron chi connectivity index (χ1n) is 9.75. The molecule has 1 aliphatic heterocycles. The minimum Gasteiger partial charge on any atom is -0.480 e. The standard InChI is InChI=1S/C18H27N7O6/c1-9(23-15(27)11(19)6-14(20)26)17(29)25-4-2-3-13(25)16(28)24-12(18(30)31)5-10-7-21-8-22-10/h7-9,11-13H,2-6,19H2,1H3,(H2,20,26)(H,21,22)(H,23,27)(H,24,28)(H,30,31). The average molecular weight is 437 g/mol. The van der Waals surface area contributed by atoms with Gasteiger partial charge in [-0.25, -0.2) is 9.78 Å². The highest BCUT2D eigenvalue weighted by Crippen LogP contribution is 2.19. The highest BCUT2D eigenvalue weighted by Gasteiger charge is 2.38. The van der Waals surface area contributed by atoms with Gasteiger partial charge >= 0.3 is 5.97 Å². The van der Waals surface area contributed by atoms with Gasteiger partial charge in [0.1, 0.15) is 18.1 Å². The number of hydrogen-bond acceptors (Lipinski definition) is 7. The number of aliphatic carboxylic acids is 1. The minimum absolute atomic E-state index is 0.00590. The molecule has 0 spiro atoms. The molecule has 31 heavy (non-hydrogen) atoms. The number of hydrogen-bond donors (Lipinski definition) is 6. The van der Waals surface area contributed by atoms with Crippen LogP contribution in [0.1, 0.15) is 31.9 Å². The van der Waals surface area contributed by atoms with Crippen molar-refractivity contribution >= 4 is 29.6 Å². The number of imidazole rings is 1. The second kappa shape index (κ2) is 10.5. The lowest BCUT2D eigenvalue weighted by molar-refractivity contribution is -0.144. The van der Waals surface area contributed by atoms with Crippen molar-refractivity contribution in [2.45, 2.75) is 56.8 Å². The van der Waals surface area contributed by atoms with Crippen LogP contribution in [0, 0.1) is 0 Å². The Hall–Kier alpha value is -3.48. The fraction of sp³-hybridized carbons (Fsp3) is 0.556. The molecule has 1 aliphatic rings. The summed E-state index contributed by atoms with van der Waals surface area (Å²) in [7, 11) is 0. The Morgan fingerprint density at radius 1 is 1.32 bits per heavy atom. The van der Waals surface area contributed by atoms with Crippen molar-refractivity contribution < 1.29 is 29.1 Å². The molecule has 8 N–H and O–H groups in total. The number of amides is 4. The van der Waals surface area contributed by atoms with Gasteiger partial charge in [-0.15, -0.1) is 0 Å². The number of carbonyl (C=O) groups excluding carboxylic acids is 4. The van der Waals surface area contributed by atoms with Gasteiger partial charge in [-0.1, -0.05) is 0 Å². The number of rotatable bonds is 10. The SMILES string of the molecule is CC(NC(=O)C(N)CC(N)=O)C(=O)N1CCCC1C(=O)NC(Cc1cnc[nH]1)C(=O)O. The zero-order valence-electron chi connectivity index (χ0n) is 17.0. The number of H-pyrrole nitrogens is 1. The first kappa shape index (κ1) is 23.8. The van der Waals surface area contributed by atoms with E-state index in [-0.39, 0.29) is 19.4 Å². The average Bonchev–Trinajstić information content (AvgIpc) is 3.37. The van der Waals surface area contributed by atoms with Crippen LogP contribution in [0.2, 0.25) is 0 Å². The van der Waals surface area contributed by atoms with Crippen LogP contribution >= 0.6 is 0 Å². The summed E-state index contributed by atoms with van der Waals surface area (Å²) in [6.45, 7) is 1.71. The fourth-order valence-electron chi connectivity index (χ4n) is 3.33. The number of nitrogens with one attached hydrogen (secondary N) is 3. The van der Waals surface area contributed by atoms with Gasteiger partial charge in [-0.2, -0.15) is 0 Å². The normalized spacial score (nSPS) is 18.6. The zero-order valence-corrected chi connectivity index (χ0v) is 17.0. The van der Waals surface area contributed by atoms with E-state index in [2.05, 4.69) is 20.6 Å². The van der Waals surface area contributed by atoms with Gasteiger partial charge in [-0.3, -0.25) is 19.2 Å². The molecule has 4 unspecified atom stereocenters. The fourth-order valence-corrected chi connectivity index (χ4v) is 3.33. The summed E-state index contributed by atoms with van der Waals surface area (Å²) in [5.41, 5.74) is 11.1. The summed E-state index contributed by atoms with van der Waals surface area (Å²) < 4.78 is 0. The van der Waals surface area contributed by atoms with Crippen molar-refractivity contribution in [1.29, 1.82) is 0 Å². The van der Waals surface area contributed by atoms with Crippen LogP contribution in [0.3, 0.4) is 0 Å². The molecule has 2 heterocycles. The quantitative estimate of drug-likeness (QED) is 0.225. The van der Waals surface area contributed by atoms with Crippen molar-refractivity contribution in [2.75, 3.05) is 6.54 Å². The van der Waals surface area contributed by atoms with Crippen LogP contribution in [-0.2, 0) is 30.4 Å². The van der Waals surface area contributed by atoms with Crippen molar-refractivity contribution in [1.82, 2.24) is 25.5 Å². The van der Waals surface area contributed by atoms with Gasteiger partial charge in [0.2, 0.25) is 23.6 Å². The third-order valence-electron chi connectivity index (χ3n) is 4.92. The predicted octanol–water partition coefficient (Wildman–Crippen LogP) is -2.78. The maximum Gasteiger partial charge on any atom is 0.326 e. The monoisotopic (exact) mass is 437 g/mol. The number of carbonyl (C=O) groups is 5. The van der Waals surface area contributed by atoms with Gasteiger partial charge in [0.25, 0.3) is 0 Å². The molecule has 4 amide bonds. The number of carboxylic acid groups (broad SMARTS) is 1. The molecule has 0 bridgehead atoms. The largest absolute Gasteiger partial charge is 0.480 e. The zero-order chi connectivity index (χ0) is 23.1. The van der Waals surface area contributed by atoms with Crippen molar-refractivity contribution in [3.8, 4) is 0 Å². The van der Waals surface area contributed by atoms with E-state index in [4.69, 9.17) is 11.5 Å². The predicted molar refractivity (Wildman–Crippen MR) is 106 cm³/mol. The van der Waals surface area contributed by atoms with E-state index in [0.717, 1.165) is 0 Å². The minimum atomic E-state index is -1.22. The van der Waals surface area contributed by atoms with E-state index in [1.165, 1.54) is 24.3 Å². The summed E-state index contributed by atoms with van der Waals surface area (Å²) in [4.78, 5) is 67.9. The van der Waals surface area contributed by atoms with E-state index in [0.29, 0.717) is 18.5 Å². The number of aromatic amines is 1. The number of primary amides is 1. The summed E-state index contributed by atoms with van der Waals surface area (Å²) in [6, 6.07) is -4.26. The number of likely N-dealkylation sites (tertiary alicyclic amines) is 1. The summed E-state index contributed by atoms with van der Waals surface area (Å²) >= 11 is 0. The lowest BCUT2D eigenvalue weighted by Gasteiger charge is -2.28. The first-order valence-corrected chi connectivity index (χ1v) is 9.75. The molecule has 0 aromatic carbocycles. The lowest BCUT2D eigenvalue weighted by atomic mass is 10.1. The van der Waals surface area contributed by atoms with Gasteiger partial charge in [0.15, 0.2) is 0 Å². The van der Waals surface area contributed by atoms with Gasteiger partial charge in [0.05, 0.1) is 18.8 Å². The van der Waals surface area contributed by atoms with Crippen LogP contribution in [0.4, 0.5) is 0 Å². The third kappa shape index (κ3) is 6.50. The topological polar surface area (TPSA) is 214 Å². The summed E-state index contributed by atoms with van der Waals surface area (Å²) in [6.07, 6.45) is 3.40. The molecule has 1 aromatic heterocycles. The molecular formula is C18H27N7O6. The molecule has 170 valence electrons. The second-order valence-electron chi connectivity index (χ2n) is 7.38. The Balaban J connectivity index is 1.99. The Labute approximate surface area is 177 Å². The lowest BCUT2D eigenvalue weighted by Crippen LogP contribution is -2.56. The molecule has 0 radical (unpaired) electrons. The smallest absolute Gasteiger partial charge is 0.326 e. The number of carboxylic acids is 1. The third-order valence-corrected chi connectivity index (χ3v) is 4.92. The number of nitrogens with two attached hydrogens (primary N) is 2.